The third kappa shape index (κ3) is 3.52. The van der Waals surface area contributed by atoms with E-state index >= 15 is 0 Å². The lowest BCUT2D eigenvalue weighted by molar-refractivity contribution is 0.0488. The highest BCUT2D eigenvalue weighted by Gasteiger charge is 2.10. The van der Waals surface area contributed by atoms with Gasteiger partial charge in [-0.3, -0.25) is 0 Å². The van der Waals surface area contributed by atoms with Crippen molar-refractivity contribution in [2.75, 3.05) is 12.3 Å². The van der Waals surface area contributed by atoms with Gasteiger partial charge in [-0.05, 0) is 30.7 Å². The van der Waals surface area contributed by atoms with E-state index in [1.54, 1.807) is 18.2 Å². The minimum atomic E-state index is -0.466. The molecule has 0 unspecified atom stereocenters. The smallest absolute Gasteiger partial charge is 0.338 e. The number of carbonyl (C=O) groups excluding carboxylic acids is 1. The van der Waals surface area contributed by atoms with Crippen molar-refractivity contribution in [1.82, 2.24) is 9.78 Å². The van der Waals surface area contributed by atoms with Crippen molar-refractivity contribution >= 4 is 23.4 Å². The maximum Gasteiger partial charge on any atom is 0.338 e. The topological polar surface area (TPSA) is 93.9 Å². The molecule has 7 heteroatoms. The molecular weight excluding hydrogens is 292 g/mol. The molecule has 1 aromatic carbocycles. The van der Waals surface area contributed by atoms with Crippen molar-refractivity contribution in [1.29, 1.82) is 5.26 Å². The lowest BCUT2D eigenvalue weighted by Crippen LogP contribution is -2.14. The van der Waals surface area contributed by atoms with E-state index in [1.807, 2.05) is 13.0 Å². The number of halogens is 1. The number of aryl methyl sites for hydroxylation is 1. The molecule has 21 heavy (non-hydrogen) atoms. The Bertz CT molecular complexity index is 698. The molecule has 1 heterocycles. The standard InChI is InChI=1S/C14H13ClN4O2/c1-9-4-10(6-12(15)5-9)14(20)21-3-2-19-13(17)11(7-16)8-18-19/h4-6,8H,2-3,17H2,1H3. The molecule has 0 fully saturated rings. The number of aromatic nitrogens is 2. The quantitative estimate of drug-likeness (QED) is 0.873. The monoisotopic (exact) mass is 304 g/mol. The third-order valence-corrected chi connectivity index (χ3v) is 3.03. The number of nitriles is 1. The fourth-order valence-electron chi connectivity index (χ4n) is 1.82. The van der Waals surface area contributed by atoms with Crippen LogP contribution in [0.25, 0.3) is 0 Å². The number of rotatable bonds is 4. The van der Waals surface area contributed by atoms with Gasteiger partial charge in [-0.15, -0.1) is 0 Å². The van der Waals surface area contributed by atoms with E-state index in [9.17, 15) is 4.79 Å². The first-order valence-electron chi connectivity index (χ1n) is 6.17. The summed E-state index contributed by atoms with van der Waals surface area (Å²) >= 11 is 5.89. The maximum absolute atomic E-state index is 11.9. The van der Waals surface area contributed by atoms with Gasteiger partial charge in [0.05, 0.1) is 18.3 Å². The molecule has 0 aliphatic rings. The zero-order chi connectivity index (χ0) is 15.4. The number of benzene rings is 1. The minimum absolute atomic E-state index is 0.0984. The van der Waals surface area contributed by atoms with Crippen molar-refractivity contribution in [3.05, 3.63) is 46.1 Å². The van der Waals surface area contributed by atoms with Crippen LogP contribution in [0.3, 0.4) is 0 Å². The fraction of sp³-hybridized carbons (Fsp3) is 0.214. The van der Waals surface area contributed by atoms with Crippen molar-refractivity contribution < 1.29 is 9.53 Å². The number of ether oxygens (including phenoxy) is 1. The maximum atomic E-state index is 11.9. The van der Waals surface area contributed by atoms with Gasteiger partial charge in [-0.25, -0.2) is 9.48 Å². The van der Waals surface area contributed by atoms with E-state index < -0.39 is 5.97 Å². The molecule has 0 atom stereocenters. The number of nitrogens with zero attached hydrogens (tertiary/aromatic N) is 3. The molecule has 0 spiro atoms. The van der Waals surface area contributed by atoms with Gasteiger partial charge in [0.25, 0.3) is 0 Å². The Morgan fingerprint density at radius 1 is 1.52 bits per heavy atom. The van der Waals surface area contributed by atoms with E-state index in [0.717, 1.165) is 5.56 Å². The molecule has 0 bridgehead atoms. The second kappa shape index (κ2) is 6.29. The van der Waals surface area contributed by atoms with Crippen LogP contribution in [-0.4, -0.2) is 22.4 Å². The highest BCUT2D eigenvalue weighted by Crippen LogP contribution is 2.15. The van der Waals surface area contributed by atoms with Gasteiger partial charge in [0.1, 0.15) is 24.1 Å². The summed E-state index contributed by atoms with van der Waals surface area (Å²) in [6.07, 6.45) is 1.37. The highest BCUT2D eigenvalue weighted by molar-refractivity contribution is 6.31. The molecule has 2 aromatic rings. The van der Waals surface area contributed by atoms with Gasteiger partial charge < -0.3 is 10.5 Å². The Kier molecular flexibility index (Phi) is 4.45. The zero-order valence-electron chi connectivity index (χ0n) is 11.3. The molecule has 0 saturated heterocycles. The predicted molar refractivity (Wildman–Crippen MR) is 77.8 cm³/mol. The van der Waals surface area contributed by atoms with Crippen molar-refractivity contribution in [2.24, 2.45) is 0 Å². The van der Waals surface area contributed by atoms with Crippen LogP contribution < -0.4 is 5.73 Å². The van der Waals surface area contributed by atoms with E-state index in [4.69, 9.17) is 27.3 Å². The highest BCUT2D eigenvalue weighted by atomic mass is 35.5. The van der Waals surface area contributed by atoms with Crippen LogP contribution in [0.2, 0.25) is 5.02 Å². The van der Waals surface area contributed by atoms with Crippen molar-refractivity contribution in [2.45, 2.75) is 13.5 Å². The van der Waals surface area contributed by atoms with Crippen LogP contribution in [0.15, 0.2) is 24.4 Å². The Morgan fingerprint density at radius 3 is 2.90 bits per heavy atom. The number of anilines is 1. The van der Waals surface area contributed by atoms with Crippen LogP contribution >= 0.6 is 11.6 Å². The summed E-state index contributed by atoms with van der Waals surface area (Å²) in [7, 11) is 0. The van der Waals surface area contributed by atoms with Crippen LogP contribution in [0.5, 0.6) is 0 Å². The second-order valence-corrected chi connectivity index (χ2v) is 4.87. The first-order valence-corrected chi connectivity index (χ1v) is 6.54. The molecule has 2 rings (SSSR count). The summed E-state index contributed by atoms with van der Waals surface area (Å²) < 4.78 is 6.55. The Hall–Kier alpha value is -2.52. The molecule has 108 valence electrons. The molecule has 0 aliphatic carbocycles. The molecular formula is C14H13ClN4O2. The fourth-order valence-corrected chi connectivity index (χ4v) is 2.11. The van der Waals surface area contributed by atoms with Gasteiger partial charge in [-0.1, -0.05) is 11.6 Å². The van der Waals surface area contributed by atoms with Crippen LogP contribution in [-0.2, 0) is 11.3 Å². The molecule has 1 aromatic heterocycles. The largest absolute Gasteiger partial charge is 0.460 e. The van der Waals surface area contributed by atoms with Crippen LogP contribution in [0.4, 0.5) is 5.82 Å². The Labute approximate surface area is 126 Å². The lowest BCUT2D eigenvalue weighted by atomic mass is 10.1. The summed E-state index contributed by atoms with van der Waals surface area (Å²) in [5.74, 6) is -0.209. The van der Waals surface area contributed by atoms with E-state index in [1.165, 1.54) is 10.9 Å². The summed E-state index contributed by atoms with van der Waals surface area (Å²) in [4.78, 5) is 11.9. The Morgan fingerprint density at radius 2 is 2.29 bits per heavy atom. The average Bonchev–Trinajstić information content (AvgIpc) is 2.78. The summed E-state index contributed by atoms with van der Waals surface area (Å²) in [5.41, 5.74) is 7.27. The summed E-state index contributed by atoms with van der Waals surface area (Å²) in [6.45, 7) is 2.22. The molecule has 2 N–H and O–H groups in total. The minimum Gasteiger partial charge on any atom is -0.460 e. The second-order valence-electron chi connectivity index (χ2n) is 4.43. The SMILES string of the molecule is Cc1cc(Cl)cc(C(=O)OCCn2ncc(C#N)c2N)c1. The molecule has 0 radical (unpaired) electrons. The third-order valence-electron chi connectivity index (χ3n) is 2.81. The summed E-state index contributed by atoms with van der Waals surface area (Å²) in [5, 5.41) is 13.2. The van der Waals surface area contributed by atoms with Crippen molar-refractivity contribution in [3.8, 4) is 6.07 Å². The molecule has 0 aliphatic heterocycles. The van der Waals surface area contributed by atoms with Gasteiger partial charge in [0, 0.05) is 5.02 Å². The normalized spacial score (nSPS) is 10.1. The first kappa shape index (κ1) is 14.9. The summed E-state index contributed by atoms with van der Waals surface area (Å²) in [6, 6.07) is 6.93. The van der Waals surface area contributed by atoms with Gasteiger partial charge in [0.2, 0.25) is 0 Å². The number of esters is 1. The molecule has 6 nitrogen and oxygen atoms in total. The number of carbonyl (C=O) groups is 1. The number of nitrogen functional groups attached to an aromatic ring is 1. The van der Waals surface area contributed by atoms with Gasteiger partial charge >= 0.3 is 5.97 Å². The zero-order valence-corrected chi connectivity index (χ0v) is 12.1. The predicted octanol–water partition coefficient (Wildman–Crippen LogP) is 2.16. The van der Waals surface area contributed by atoms with E-state index in [0.29, 0.717) is 16.1 Å². The van der Waals surface area contributed by atoms with Crippen molar-refractivity contribution in [3.63, 3.8) is 0 Å². The van der Waals surface area contributed by atoms with Gasteiger partial charge in [0.15, 0.2) is 0 Å². The van der Waals surface area contributed by atoms with Gasteiger partial charge in [-0.2, -0.15) is 10.4 Å². The number of hydrogen-bond donors (Lipinski definition) is 1. The number of hydrogen-bond acceptors (Lipinski definition) is 5. The lowest BCUT2D eigenvalue weighted by Gasteiger charge is -2.07. The van der Waals surface area contributed by atoms with E-state index in [2.05, 4.69) is 5.10 Å². The first-order chi connectivity index (χ1) is 10.0. The average molecular weight is 305 g/mol. The number of nitrogens with two attached hydrogens (primary N) is 1. The van der Waals surface area contributed by atoms with E-state index in [-0.39, 0.29) is 19.0 Å². The van der Waals surface area contributed by atoms with Crippen LogP contribution in [0.1, 0.15) is 21.5 Å². The Balaban J connectivity index is 1.95. The molecule has 0 amide bonds. The molecule has 0 saturated carbocycles. The van der Waals surface area contributed by atoms with Crippen LogP contribution in [0, 0.1) is 18.3 Å².